The van der Waals surface area contributed by atoms with Gasteiger partial charge in [-0.15, -0.1) is 0 Å². The van der Waals surface area contributed by atoms with Crippen LogP contribution in [-0.2, 0) is 0 Å². The van der Waals surface area contributed by atoms with E-state index < -0.39 is 0 Å². The molecule has 0 aliphatic carbocycles. The SMILES string of the molecule is Cc1ccc(-c2cc(=S)nc(-c3ccccc3)[nH]2)c(C)c1. The number of H-pyrrole nitrogens is 1. The third-order valence-corrected chi connectivity index (χ3v) is 3.67. The molecule has 3 aromatic rings. The molecule has 0 amide bonds. The van der Waals surface area contributed by atoms with Crippen LogP contribution in [0.3, 0.4) is 0 Å². The summed E-state index contributed by atoms with van der Waals surface area (Å²) in [6.45, 7) is 4.21. The third-order valence-electron chi connectivity index (χ3n) is 3.46. The maximum atomic E-state index is 5.32. The van der Waals surface area contributed by atoms with Crippen molar-refractivity contribution in [2.24, 2.45) is 0 Å². The van der Waals surface area contributed by atoms with Gasteiger partial charge >= 0.3 is 0 Å². The quantitative estimate of drug-likeness (QED) is 0.666. The predicted molar refractivity (Wildman–Crippen MR) is 89.8 cm³/mol. The Morgan fingerprint density at radius 1 is 0.952 bits per heavy atom. The maximum absolute atomic E-state index is 5.32. The smallest absolute Gasteiger partial charge is 0.139 e. The molecule has 1 aromatic heterocycles. The van der Waals surface area contributed by atoms with Crippen molar-refractivity contribution >= 4 is 12.2 Å². The van der Waals surface area contributed by atoms with Gasteiger partial charge in [-0.2, -0.15) is 0 Å². The number of aromatic amines is 1. The summed E-state index contributed by atoms with van der Waals surface area (Å²) in [6.07, 6.45) is 0. The molecule has 0 atom stereocenters. The first-order valence-corrected chi connectivity index (χ1v) is 7.29. The van der Waals surface area contributed by atoms with Crippen LogP contribution in [0.2, 0.25) is 0 Å². The van der Waals surface area contributed by atoms with E-state index in [9.17, 15) is 0 Å². The zero-order chi connectivity index (χ0) is 14.8. The number of rotatable bonds is 2. The van der Waals surface area contributed by atoms with Crippen LogP contribution in [0.1, 0.15) is 11.1 Å². The fourth-order valence-corrected chi connectivity index (χ4v) is 2.66. The van der Waals surface area contributed by atoms with Gasteiger partial charge in [0, 0.05) is 11.1 Å². The summed E-state index contributed by atoms with van der Waals surface area (Å²) >= 11 is 5.32. The monoisotopic (exact) mass is 292 g/mol. The molecule has 21 heavy (non-hydrogen) atoms. The van der Waals surface area contributed by atoms with Gasteiger partial charge in [0.25, 0.3) is 0 Å². The molecule has 3 rings (SSSR count). The van der Waals surface area contributed by atoms with Crippen LogP contribution < -0.4 is 0 Å². The van der Waals surface area contributed by atoms with E-state index in [4.69, 9.17) is 12.2 Å². The Labute approximate surface area is 129 Å². The zero-order valence-corrected chi connectivity index (χ0v) is 12.9. The second kappa shape index (κ2) is 5.62. The second-order valence-corrected chi connectivity index (χ2v) is 5.58. The van der Waals surface area contributed by atoms with Crippen molar-refractivity contribution < 1.29 is 0 Å². The maximum Gasteiger partial charge on any atom is 0.139 e. The van der Waals surface area contributed by atoms with E-state index >= 15 is 0 Å². The fourth-order valence-electron chi connectivity index (χ4n) is 2.45. The Morgan fingerprint density at radius 2 is 1.71 bits per heavy atom. The van der Waals surface area contributed by atoms with Gasteiger partial charge in [0.15, 0.2) is 0 Å². The standard InChI is InChI=1S/C18H16N2S/c1-12-8-9-15(13(2)10-12)16-11-17(21)20-18(19-16)14-6-4-3-5-7-14/h3-11H,1-2H3,(H,19,20,21). The van der Waals surface area contributed by atoms with Crippen LogP contribution in [0.25, 0.3) is 22.6 Å². The zero-order valence-electron chi connectivity index (χ0n) is 12.1. The lowest BCUT2D eigenvalue weighted by atomic mass is 10.0. The molecule has 3 heteroatoms. The summed E-state index contributed by atoms with van der Waals surface area (Å²) < 4.78 is 0.600. The number of nitrogens with zero attached hydrogens (tertiary/aromatic N) is 1. The van der Waals surface area contributed by atoms with E-state index in [2.05, 4.69) is 42.0 Å². The molecule has 2 nitrogen and oxygen atoms in total. The van der Waals surface area contributed by atoms with Gasteiger partial charge < -0.3 is 4.98 Å². The van der Waals surface area contributed by atoms with Crippen LogP contribution >= 0.6 is 12.2 Å². The Bertz CT molecular complexity index is 835. The molecule has 0 aliphatic rings. The molecule has 1 N–H and O–H groups in total. The Kier molecular flexibility index (Phi) is 3.67. The van der Waals surface area contributed by atoms with Gasteiger partial charge in [0.05, 0.1) is 5.69 Å². The minimum Gasteiger partial charge on any atom is -0.339 e. The highest BCUT2D eigenvalue weighted by Crippen LogP contribution is 2.24. The van der Waals surface area contributed by atoms with E-state index in [-0.39, 0.29) is 0 Å². The number of aryl methyl sites for hydroxylation is 2. The lowest BCUT2D eigenvalue weighted by Crippen LogP contribution is -1.94. The van der Waals surface area contributed by atoms with Crippen LogP contribution in [-0.4, -0.2) is 9.97 Å². The van der Waals surface area contributed by atoms with Crippen LogP contribution in [0.15, 0.2) is 54.6 Å². The number of aromatic nitrogens is 2. The van der Waals surface area contributed by atoms with E-state index in [1.807, 2.05) is 36.4 Å². The van der Waals surface area contributed by atoms with Crippen LogP contribution in [0.5, 0.6) is 0 Å². The Hall–Kier alpha value is -2.26. The fraction of sp³-hybridized carbons (Fsp3) is 0.111. The molecule has 1 heterocycles. The first-order valence-electron chi connectivity index (χ1n) is 6.88. The summed E-state index contributed by atoms with van der Waals surface area (Å²) in [5.74, 6) is 0.804. The molecule has 0 fully saturated rings. The van der Waals surface area contributed by atoms with Crippen molar-refractivity contribution in [3.63, 3.8) is 0 Å². The van der Waals surface area contributed by atoms with Gasteiger partial charge in [0.2, 0.25) is 0 Å². The molecular formula is C18H16N2S. The van der Waals surface area contributed by atoms with Gasteiger partial charge in [-0.25, -0.2) is 4.98 Å². The van der Waals surface area contributed by atoms with Crippen molar-refractivity contribution in [1.29, 1.82) is 0 Å². The number of benzene rings is 2. The number of hydrogen-bond acceptors (Lipinski definition) is 2. The highest BCUT2D eigenvalue weighted by molar-refractivity contribution is 7.71. The summed E-state index contributed by atoms with van der Waals surface area (Å²) in [7, 11) is 0. The summed E-state index contributed by atoms with van der Waals surface area (Å²) in [5, 5.41) is 0. The van der Waals surface area contributed by atoms with Crippen molar-refractivity contribution in [1.82, 2.24) is 9.97 Å². The van der Waals surface area contributed by atoms with E-state index in [1.54, 1.807) is 0 Å². The van der Waals surface area contributed by atoms with Crippen molar-refractivity contribution in [3.05, 3.63) is 70.4 Å². The van der Waals surface area contributed by atoms with Gasteiger partial charge in [-0.3, -0.25) is 0 Å². The topological polar surface area (TPSA) is 28.7 Å². The summed E-state index contributed by atoms with van der Waals surface area (Å²) in [4.78, 5) is 7.84. The normalized spacial score (nSPS) is 10.6. The molecule has 104 valence electrons. The Morgan fingerprint density at radius 3 is 2.43 bits per heavy atom. The minimum atomic E-state index is 0.600. The molecule has 0 saturated heterocycles. The lowest BCUT2D eigenvalue weighted by molar-refractivity contribution is 1.16. The largest absolute Gasteiger partial charge is 0.339 e. The van der Waals surface area contributed by atoms with Crippen LogP contribution in [0.4, 0.5) is 0 Å². The van der Waals surface area contributed by atoms with E-state index in [0.717, 1.165) is 22.6 Å². The average molecular weight is 292 g/mol. The molecule has 0 aliphatic heterocycles. The van der Waals surface area contributed by atoms with Crippen molar-refractivity contribution in [2.75, 3.05) is 0 Å². The van der Waals surface area contributed by atoms with E-state index in [1.165, 1.54) is 11.1 Å². The summed E-state index contributed by atoms with van der Waals surface area (Å²) in [5.41, 5.74) is 5.69. The molecule has 0 spiro atoms. The third kappa shape index (κ3) is 2.93. The molecule has 0 radical (unpaired) electrons. The molecular weight excluding hydrogens is 276 g/mol. The first kappa shape index (κ1) is 13.7. The molecule has 0 bridgehead atoms. The number of nitrogens with one attached hydrogen (secondary N) is 1. The van der Waals surface area contributed by atoms with Gasteiger partial charge in [-0.05, 0) is 25.5 Å². The van der Waals surface area contributed by atoms with Crippen molar-refractivity contribution in [3.8, 4) is 22.6 Å². The average Bonchev–Trinajstić information content (AvgIpc) is 2.47. The lowest BCUT2D eigenvalue weighted by Gasteiger charge is -2.09. The highest BCUT2D eigenvalue weighted by Gasteiger charge is 2.06. The molecule has 0 unspecified atom stereocenters. The van der Waals surface area contributed by atoms with Crippen molar-refractivity contribution in [2.45, 2.75) is 13.8 Å². The minimum absolute atomic E-state index is 0.600. The van der Waals surface area contributed by atoms with Crippen LogP contribution in [0, 0.1) is 18.5 Å². The van der Waals surface area contributed by atoms with Gasteiger partial charge in [-0.1, -0.05) is 66.3 Å². The van der Waals surface area contributed by atoms with Gasteiger partial charge in [0.1, 0.15) is 10.5 Å². The molecule has 2 aromatic carbocycles. The molecule has 0 saturated carbocycles. The predicted octanol–water partition coefficient (Wildman–Crippen LogP) is 5.09. The Balaban J connectivity index is 2.16. The second-order valence-electron chi connectivity index (χ2n) is 5.17. The number of hydrogen-bond donors (Lipinski definition) is 1. The first-order chi connectivity index (χ1) is 10.1. The highest BCUT2D eigenvalue weighted by atomic mass is 32.1. The van der Waals surface area contributed by atoms with E-state index in [0.29, 0.717) is 4.64 Å². The summed E-state index contributed by atoms with van der Waals surface area (Å²) in [6, 6.07) is 18.4.